The van der Waals surface area contributed by atoms with E-state index in [1.165, 1.54) is 14.0 Å². The summed E-state index contributed by atoms with van der Waals surface area (Å²) in [4.78, 5) is 23.7. The Morgan fingerprint density at radius 2 is 1.88 bits per heavy atom. The number of rotatable bonds is 6. The van der Waals surface area contributed by atoms with Crippen LogP contribution in [-0.4, -0.2) is 18.9 Å². The zero-order valence-corrected chi connectivity index (χ0v) is 14.3. The molecule has 5 nitrogen and oxygen atoms in total. The number of methoxy groups -OCH3 is 1. The van der Waals surface area contributed by atoms with E-state index in [-0.39, 0.29) is 18.2 Å². The van der Waals surface area contributed by atoms with Crippen LogP contribution in [0, 0.1) is 0 Å². The summed E-state index contributed by atoms with van der Waals surface area (Å²) in [6.45, 7) is 1.43. The van der Waals surface area contributed by atoms with Gasteiger partial charge in [-0.25, -0.2) is 0 Å². The summed E-state index contributed by atoms with van der Waals surface area (Å²) in [5.74, 6) is 0.123. The molecule has 0 saturated carbocycles. The highest BCUT2D eigenvalue weighted by Crippen LogP contribution is 2.27. The van der Waals surface area contributed by atoms with E-state index >= 15 is 0 Å². The Morgan fingerprint density at radius 1 is 1.17 bits per heavy atom. The molecule has 2 rings (SSSR count). The second-order valence-electron chi connectivity index (χ2n) is 5.27. The lowest BCUT2D eigenvalue weighted by Gasteiger charge is -2.18. The summed E-state index contributed by atoms with van der Waals surface area (Å²) in [6.07, 6.45) is 0.118. The molecule has 1 atom stereocenters. The van der Waals surface area contributed by atoms with Gasteiger partial charge in [-0.15, -0.1) is 0 Å². The van der Waals surface area contributed by atoms with Crippen LogP contribution in [0.5, 0.6) is 5.75 Å². The van der Waals surface area contributed by atoms with Crippen molar-refractivity contribution in [1.82, 2.24) is 5.32 Å². The van der Waals surface area contributed by atoms with E-state index in [4.69, 9.17) is 16.3 Å². The molecule has 0 bridgehead atoms. The summed E-state index contributed by atoms with van der Waals surface area (Å²) >= 11 is 6.05. The van der Waals surface area contributed by atoms with Gasteiger partial charge in [0.05, 0.1) is 24.6 Å². The number of amides is 2. The van der Waals surface area contributed by atoms with Gasteiger partial charge >= 0.3 is 0 Å². The number of anilines is 1. The number of carbonyl (C=O) groups excluding carboxylic acids is 2. The number of ether oxygens (including phenoxy) is 1. The first-order valence-electron chi connectivity index (χ1n) is 7.45. The molecule has 2 aromatic rings. The van der Waals surface area contributed by atoms with E-state index in [1.807, 2.05) is 30.3 Å². The molecule has 0 aliphatic carbocycles. The highest BCUT2D eigenvalue weighted by atomic mass is 35.5. The van der Waals surface area contributed by atoms with Crippen molar-refractivity contribution in [2.24, 2.45) is 0 Å². The molecule has 0 aliphatic rings. The normalized spacial score (nSPS) is 11.5. The number of hydrogen-bond acceptors (Lipinski definition) is 3. The predicted octanol–water partition coefficient (Wildman–Crippen LogP) is 3.55. The zero-order valence-electron chi connectivity index (χ0n) is 13.5. The Bertz CT molecular complexity index is 719. The summed E-state index contributed by atoms with van der Waals surface area (Å²) in [6, 6.07) is 14.0. The van der Waals surface area contributed by atoms with E-state index in [1.54, 1.807) is 18.2 Å². The Morgan fingerprint density at radius 3 is 2.46 bits per heavy atom. The van der Waals surface area contributed by atoms with E-state index in [9.17, 15) is 9.59 Å². The molecule has 6 heteroatoms. The van der Waals surface area contributed by atoms with Gasteiger partial charge in [0.15, 0.2) is 0 Å². The minimum Gasteiger partial charge on any atom is -0.495 e. The molecule has 2 aromatic carbocycles. The fourth-order valence-electron chi connectivity index (χ4n) is 2.32. The number of halogens is 1. The lowest BCUT2D eigenvalue weighted by Crippen LogP contribution is -2.29. The topological polar surface area (TPSA) is 67.4 Å². The lowest BCUT2D eigenvalue weighted by atomic mass is 10.0. The Balaban J connectivity index is 2.07. The van der Waals surface area contributed by atoms with Crippen LogP contribution in [0.4, 0.5) is 5.69 Å². The van der Waals surface area contributed by atoms with Gasteiger partial charge in [0.25, 0.3) is 0 Å². The van der Waals surface area contributed by atoms with Crippen LogP contribution in [0.25, 0.3) is 0 Å². The number of nitrogens with one attached hydrogen (secondary N) is 2. The first-order valence-corrected chi connectivity index (χ1v) is 7.83. The first-order chi connectivity index (χ1) is 11.5. The van der Waals surface area contributed by atoms with Crippen molar-refractivity contribution in [3.8, 4) is 5.75 Å². The fraction of sp³-hybridized carbons (Fsp3) is 0.222. The van der Waals surface area contributed by atoms with E-state index < -0.39 is 6.04 Å². The summed E-state index contributed by atoms with van der Waals surface area (Å²) in [5.41, 5.74) is 1.44. The fourth-order valence-corrected chi connectivity index (χ4v) is 2.58. The van der Waals surface area contributed by atoms with Gasteiger partial charge < -0.3 is 15.4 Å². The molecule has 0 fully saturated rings. The van der Waals surface area contributed by atoms with Crippen molar-refractivity contribution in [3.05, 3.63) is 59.1 Å². The second kappa shape index (κ2) is 8.36. The average molecular weight is 347 g/mol. The van der Waals surface area contributed by atoms with Gasteiger partial charge in [0.1, 0.15) is 5.75 Å². The molecule has 2 N–H and O–H groups in total. The molecule has 0 spiro atoms. The number of benzene rings is 2. The quantitative estimate of drug-likeness (QED) is 0.840. The maximum atomic E-state index is 12.3. The summed E-state index contributed by atoms with van der Waals surface area (Å²) < 4.78 is 5.08. The minimum atomic E-state index is -0.391. The van der Waals surface area contributed by atoms with Crippen LogP contribution < -0.4 is 15.4 Å². The van der Waals surface area contributed by atoms with E-state index in [2.05, 4.69) is 10.6 Å². The molecule has 0 aliphatic heterocycles. The highest BCUT2D eigenvalue weighted by Gasteiger charge is 2.17. The van der Waals surface area contributed by atoms with Crippen LogP contribution in [0.3, 0.4) is 0 Å². The van der Waals surface area contributed by atoms with Crippen molar-refractivity contribution in [3.63, 3.8) is 0 Å². The third-order valence-corrected chi connectivity index (χ3v) is 3.70. The van der Waals surface area contributed by atoms with Crippen LogP contribution >= 0.6 is 11.6 Å². The van der Waals surface area contributed by atoms with Crippen molar-refractivity contribution < 1.29 is 14.3 Å². The molecule has 0 radical (unpaired) electrons. The Hall–Kier alpha value is -2.53. The van der Waals surface area contributed by atoms with Gasteiger partial charge in [0, 0.05) is 12.6 Å². The van der Waals surface area contributed by atoms with E-state index in [0.29, 0.717) is 16.5 Å². The maximum Gasteiger partial charge on any atom is 0.226 e. The third-order valence-electron chi connectivity index (χ3n) is 3.40. The van der Waals surface area contributed by atoms with Crippen molar-refractivity contribution in [1.29, 1.82) is 0 Å². The van der Waals surface area contributed by atoms with Crippen LogP contribution in [0.1, 0.15) is 24.9 Å². The molecule has 0 unspecified atom stereocenters. The maximum absolute atomic E-state index is 12.3. The molecular weight excluding hydrogens is 328 g/mol. The Kier molecular flexibility index (Phi) is 6.21. The van der Waals surface area contributed by atoms with Crippen LogP contribution in [-0.2, 0) is 9.59 Å². The van der Waals surface area contributed by atoms with Crippen LogP contribution in [0.2, 0.25) is 5.02 Å². The molecule has 0 aromatic heterocycles. The minimum absolute atomic E-state index is 0.118. The largest absolute Gasteiger partial charge is 0.495 e. The van der Waals surface area contributed by atoms with E-state index in [0.717, 1.165) is 5.56 Å². The smallest absolute Gasteiger partial charge is 0.226 e. The molecule has 126 valence electrons. The molecule has 24 heavy (non-hydrogen) atoms. The summed E-state index contributed by atoms with van der Waals surface area (Å²) in [5, 5.41) is 5.99. The zero-order chi connectivity index (χ0) is 17.5. The number of carbonyl (C=O) groups is 2. The van der Waals surface area contributed by atoms with Crippen molar-refractivity contribution in [2.45, 2.75) is 19.4 Å². The lowest BCUT2D eigenvalue weighted by molar-refractivity contribution is -0.120. The highest BCUT2D eigenvalue weighted by molar-refractivity contribution is 6.32. The number of hydrogen-bond donors (Lipinski definition) is 2. The van der Waals surface area contributed by atoms with Gasteiger partial charge in [-0.05, 0) is 23.8 Å². The summed E-state index contributed by atoms with van der Waals surface area (Å²) in [7, 11) is 1.53. The Labute approximate surface area is 146 Å². The van der Waals surface area contributed by atoms with Gasteiger partial charge in [-0.1, -0.05) is 41.9 Å². The molecule has 0 saturated heterocycles. The van der Waals surface area contributed by atoms with Gasteiger partial charge in [0.2, 0.25) is 11.8 Å². The third kappa shape index (κ3) is 4.99. The second-order valence-corrected chi connectivity index (χ2v) is 5.67. The van der Waals surface area contributed by atoms with Crippen LogP contribution in [0.15, 0.2) is 48.5 Å². The van der Waals surface area contributed by atoms with Crippen molar-refractivity contribution in [2.75, 3.05) is 12.4 Å². The standard InChI is InChI=1S/C18H19ClN2O3/c1-12(22)20-16(13-6-4-3-5-7-13)11-18(23)21-14-8-9-17(24-2)15(19)10-14/h3-10,16H,11H2,1-2H3,(H,20,22)(H,21,23)/t16-/m0/s1. The average Bonchev–Trinajstić information content (AvgIpc) is 2.55. The monoisotopic (exact) mass is 346 g/mol. The predicted molar refractivity (Wildman–Crippen MR) is 94.3 cm³/mol. The molecule has 2 amide bonds. The van der Waals surface area contributed by atoms with Crippen molar-refractivity contribution >= 4 is 29.1 Å². The molecule has 0 heterocycles. The SMILES string of the molecule is COc1ccc(NC(=O)C[C@H](NC(C)=O)c2ccccc2)cc1Cl. The van der Waals surface area contributed by atoms with Gasteiger partial charge in [-0.3, -0.25) is 9.59 Å². The molecular formula is C18H19ClN2O3. The van der Waals surface area contributed by atoms with Gasteiger partial charge in [-0.2, -0.15) is 0 Å². The first kappa shape index (κ1) is 17.8.